The highest BCUT2D eigenvalue weighted by molar-refractivity contribution is 5.88. The van der Waals surface area contributed by atoms with Gasteiger partial charge >= 0.3 is 0 Å². The third kappa shape index (κ3) is 2.99. The number of hydrogen-bond acceptors (Lipinski definition) is 6. The number of amides is 2. The van der Waals surface area contributed by atoms with Gasteiger partial charge in [0.15, 0.2) is 0 Å². The summed E-state index contributed by atoms with van der Waals surface area (Å²) in [6.45, 7) is 2.57. The Kier molecular flexibility index (Phi) is 4.66. The molecule has 8 nitrogen and oxygen atoms in total. The van der Waals surface area contributed by atoms with E-state index in [9.17, 15) is 9.59 Å². The first-order valence-electron chi connectivity index (χ1n) is 9.24. The minimum absolute atomic E-state index is 0.0328. The molecule has 1 spiro atoms. The molecule has 0 saturated carbocycles. The van der Waals surface area contributed by atoms with E-state index in [1.54, 1.807) is 0 Å². The molecule has 1 aromatic carbocycles. The third-order valence-corrected chi connectivity index (χ3v) is 5.84. The lowest BCUT2D eigenvalue weighted by Crippen LogP contribution is -2.67. The summed E-state index contributed by atoms with van der Waals surface area (Å²) in [4.78, 5) is 27.2. The zero-order valence-electron chi connectivity index (χ0n) is 14.7. The van der Waals surface area contributed by atoms with Crippen LogP contribution in [0.5, 0.6) is 0 Å². The van der Waals surface area contributed by atoms with Gasteiger partial charge in [-0.05, 0) is 18.4 Å². The summed E-state index contributed by atoms with van der Waals surface area (Å²) >= 11 is 0. The fraction of sp³-hybridized carbons (Fsp3) is 0.556. The molecule has 3 aliphatic rings. The highest BCUT2D eigenvalue weighted by Gasteiger charge is 2.46. The lowest BCUT2D eigenvalue weighted by Gasteiger charge is -2.44. The van der Waals surface area contributed by atoms with Crippen molar-refractivity contribution in [3.63, 3.8) is 0 Å². The zero-order chi connectivity index (χ0) is 18.1. The normalized spacial score (nSPS) is 31.0. The van der Waals surface area contributed by atoms with Gasteiger partial charge in [0.2, 0.25) is 11.8 Å². The predicted molar refractivity (Wildman–Crippen MR) is 96.8 cm³/mol. The molecule has 0 aromatic heterocycles. The van der Waals surface area contributed by atoms with Gasteiger partial charge in [-0.3, -0.25) is 9.59 Å². The number of carbonyl (C=O) groups is 2. The van der Waals surface area contributed by atoms with Crippen molar-refractivity contribution < 1.29 is 9.59 Å². The molecule has 6 N–H and O–H groups in total. The van der Waals surface area contributed by atoms with Crippen molar-refractivity contribution in [2.75, 3.05) is 26.2 Å². The molecule has 1 aromatic rings. The van der Waals surface area contributed by atoms with Crippen LogP contribution < -0.4 is 27.2 Å². The van der Waals surface area contributed by atoms with Crippen LogP contribution in [-0.4, -0.2) is 60.6 Å². The molecule has 3 saturated heterocycles. The third-order valence-electron chi connectivity index (χ3n) is 5.84. The SMILES string of the molecule is NC1NNC(C(=O)N2CCC3(CC2)NCCNC3=O)C1c1ccccc1. The topological polar surface area (TPSA) is 112 Å². The van der Waals surface area contributed by atoms with Crippen LogP contribution >= 0.6 is 0 Å². The van der Waals surface area contributed by atoms with Crippen molar-refractivity contribution in [1.29, 1.82) is 0 Å². The minimum atomic E-state index is -0.522. The Morgan fingerprint density at radius 3 is 2.54 bits per heavy atom. The summed E-state index contributed by atoms with van der Waals surface area (Å²) in [7, 11) is 0. The van der Waals surface area contributed by atoms with Crippen LogP contribution in [0.1, 0.15) is 24.3 Å². The van der Waals surface area contributed by atoms with Crippen LogP contribution in [0.25, 0.3) is 0 Å². The number of piperidine rings is 1. The molecule has 26 heavy (non-hydrogen) atoms. The largest absolute Gasteiger partial charge is 0.353 e. The Labute approximate surface area is 152 Å². The summed E-state index contributed by atoms with van der Waals surface area (Å²) < 4.78 is 0. The van der Waals surface area contributed by atoms with Crippen LogP contribution in [0, 0.1) is 0 Å². The van der Waals surface area contributed by atoms with Gasteiger partial charge < -0.3 is 21.3 Å². The number of benzene rings is 1. The molecule has 0 bridgehead atoms. The summed E-state index contributed by atoms with van der Waals surface area (Å²) in [5.74, 6) is -0.0400. The molecule has 140 valence electrons. The van der Waals surface area contributed by atoms with Gasteiger partial charge in [0.25, 0.3) is 0 Å². The van der Waals surface area contributed by atoms with E-state index >= 15 is 0 Å². The van der Waals surface area contributed by atoms with Gasteiger partial charge in [-0.15, -0.1) is 0 Å². The number of carbonyl (C=O) groups excluding carboxylic acids is 2. The van der Waals surface area contributed by atoms with E-state index in [0.29, 0.717) is 32.5 Å². The number of piperazine rings is 1. The molecule has 2 amide bonds. The average molecular weight is 358 g/mol. The second-order valence-electron chi connectivity index (χ2n) is 7.32. The number of likely N-dealkylation sites (tertiary alicyclic amines) is 1. The number of hydrazine groups is 1. The summed E-state index contributed by atoms with van der Waals surface area (Å²) in [6.07, 6.45) is 0.938. The summed E-state index contributed by atoms with van der Waals surface area (Å²) in [6, 6.07) is 9.46. The summed E-state index contributed by atoms with van der Waals surface area (Å²) in [5.41, 5.74) is 12.8. The van der Waals surface area contributed by atoms with E-state index in [2.05, 4.69) is 21.5 Å². The first kappa shape index (κ1) is 17.4. The molecular formula is C18H26N6O2. The molecule has 3 atom stereocenters. The van der Waals surface area contributed by atoms with Gasteiger partial charge in [0.05, 0.1) is 6.17 Å². The predicted octanol–water partition coefficient (Wildman–Crippen LogP) is -1.39. The minimum Gasteiger partial charge on any atom is -0.353 e. The molecule has 8 heteroatoms. The van der Waals surface area contributed by atoms with Crippen molar-refractivity contribution in [2.24, 2.45) is 5.73 Å². The fourth-order valence-electron chi connectivity index (χ4n) is 4.30. The fourth-order valence-corrected chi connectivity index (χ4v) is 4.30. The lowest BCUT2D eigenvalue weighted by atomic mass is 9.84. The maximum absolute atomic E-state index is 13.1. The van der Waals surface area contributed by atoms with Crippen molar-refractivity contribution >= 4 is 11.8 Å². The van der Waals surface area contributed by atoms with Gasteiger partial charge in [-0.1, -0.05) is 30.3 Å². The molecule has 3 unspecified atom stereocenters. The number of nitrogens with zero attached hydrogens (tertiary/aromatic N) is 1. The van der Waals surface area contributed by atoms with Crippen molar-refractivity contribution in [1.82, 2.24) is 26.4 Å². The number of nitrogens with two attached hydrogens (primary N) is 1. The Hall–Kier alpha value is -2.00. The van der Waals surface area contributed by atoms with Gasteiger partial charge in [-0.25, -0.2) is 10.9 Å². The molecule has 3 heterocycles. The van der Waals surface area contributed by atoms with Crippen LogP contribution in [0.2, 0.25) is 0 Å². The molecule has 3 aliphatic heterocycles. The van der Waals surface area contributed by atoms with Gasteiger partial charge in [-0.2, -0.15) is 0 Å². The Balaban J connectivity index is 1.45. The Morgan fingerprint density at radius 1 is 1.12 bits per heavy atom. The van der Waals surface area contributed by atoms with Crippen molar-refractivity contribution in [2.45, 2.75) is 36.5 Å². The Bertz CT molecular complexity index is 674. The standard InChI is InChI=1S/C18H26N6O2/c19-15-13(12-4-2-1-3-5-12)14(22-23-15)16(25)24-10-6-18(7-11-24)17(26)20-8-9-21-18/h1-5,13-15,21-23H,6-11,19H2,(H,20,26). The maximum atomic E-state index is 13.1. The molecule has 0 aliphatic carbocycles. The number of rotatable bonds is 2. The first-order chi connectivity index (χ1) is 12.6. The monoisotopic (exact) mass is 358 g/mol. The Morgan fingerprint density at radius 2 is 1.85 bits per heavy atom. The highest BCUT2D eigenvalue weighted by atomic mass is 16.2. The van der Waals surface area contributed by atoms with E-state index < -0.39 is 11.6 Å². The van der Waals surface area contributed by atoms with Crippen molar-refractivity contribution in [3.8, 4) is 0 Å². The molecular weight excluding hydrogens is 332 g/mol. The van der Waals surface area contributed by atoms with E-state index in [1.165, 1.54) is 0 Å². The van der Waals surface area contributed by atoms with Crippen LogP contribution in [0.4, 0.5) is 0 Å². The summed E-state index contributed by atoms with van der Waals surface area (Å²) in [5, 5.41) is 6.29. The van der Waals surface area contributed by atoms with E-state index in [0.717, 1.165) is 12.1 Å². The van der Waals surface area contributed by atoms with E-state index in [1.807, 2.05) is 35.2 Å². The van der Waals surface area contributed by atoms with Crippen LogP contribution in [0.15, 0.2) is 30.3 Å². The van der Waals surface area contributed by atoms with Gasteiger partial charge in [0.1, 0.15) is 11.6 Å². The maximum Gasteiger partial charge on any atom is 0.241 e. The van der Waals surface area contributed by atoms with Crippen molar-refractivity contribution in [3.05, 3.63) is 35.9 Å². The smallest absolute Gasteiger partial charge is 0.241 e. The second-order valence-corrected chi connectivity index (χ2v) is 7.32. The second kappa shape index (κ2) is 6.96. The van der Waals surface area contributed by atoms with Crippen LogP contribution in [0.3, 0.4) is 0 Å². The highest BCUT2D eigenvalue weighted by Crippen LogP contribution is 2.29. The van der Waals surface area contributed by atoms with Gasteiger partial charge in [0, 0.05) is 32.1 Å². The zero-order valence-corrected chi connectivity index (χ0v) is 14.7. The number of hydrogen-bond donors (Lipinski definition) is 5. The van der Waals surface area contributed by atoms with E-state index in [-0.39, 0.29) is 23.9 Å². The average Bonchev–Trinajstić information content (AvgIpc) is 3.06. The quantitative estimate of drug-likeness (QED) is 0.445. The van der Waals surface area contributed by atoms with E-state index in [4.69, 9.17) is 5.73 Å². The molecule has 0 radical (unpaired) electrons. The van der Waals surface area contributed by atoms with Crippen LogP contribution in [-0.2, 0) is 9.59 Å². The number of nitrogens with one attached hydrogen (secondary N) is 4. The molecule has 3 fully saturated rings. The lowest BCUT2D eigenvalue weighted by molar-refractivity contribution is -0.140. The molecule has 4 rings (SSSR count). The first-order valence-corrected chi connectivity index (χ1v) is 9.24.